The number of anilines is 2. The molecule has 224 valence electrons. The van der Waals surface area contributed by atoms with Crippen molar-refractivity contribution in [2.45, 2.75) is 49.9 Å². The van der Waals surface area contributed by atoms with Crippen LogP contribution in [-0.2, 0) is 19.3 Å². The third-order valence-electron chi connectivity index (χ3n) is 8.67. The van der Waals surface area contributed by atoms with Crippen molar-refractivity contribution in [2.75, 3.05) is 51.2 Å². The normalized spacial score (nSPS) is 27.3. The lowest BCUT2D eigenvalue weighted by Gasteiger charge is -2.32. The summed E-state index contributed by atoms with van der Waals surface area (Å²) in [4.78, 5) is 49.1. The van der Waals surface area contributed by atoms with Crippen molar-refractivity contribution in [3.63, 3.8) is 0 Å². The molecule has 4 aliphatic rings. The second-order valence-electron chi connectivity index (χ2n) is 11.7. The van der Waals surface area contributed by atoms with Gasteiger partial charge < -0.3 is 28.9 Å². The Morgan fingerprint density at radius 2 is 1.19 bits per heavy atom. The zero-order chi connectivity index (χ0) is 29.4. The molecule has 4 fully saturated rings. The lowest BCUT2D eigenvalue weighted by atomic mass is 10.1. The average molecular weight is 579 g/mol. The molecule has 2 aliphatic carbocycles. The quantitative estimate of drug-likeness (QED) is 0.273. The first-order valence-electron chi connectivity index (χ1n) is 14.4. The Bertz CT molecular complexity index is 1240. The number of aromatic nitrogens is 2. The second-order valence-corrected chi connectivity index (χ2v) is 11.7. The van der Waals surface area contributed by atoms with Crippen LogP contribution < -0.4 is 19.3 Å². The number of fused-ring (bicyclic) bond motifs is 2. The highest BCUT2D eigenvalue weighted by atomic mass is 16.7. The molecule has 6 rings (SSSR count). The first-order valence-corrected chi connectivity index (χ1v) is 14.4. The van der Waals surface area contributed by atoms with E-state index in [1.54, 1.807) is 40.7 Å². The van der Waals surface area contributed by atoms with Crippen molar-refractivity contribution >= 4 is 23.3 Å². The number of likely N-dealkylation sites (N-methyl/N-ethyl adjacent to an activating group) is 2. The van der Waals surface area contributed by atoms with Crippen LogP contribution in [0.3, 0.4) is 0 Å². The first kappa shape index (κ1) is 28.2. The number of piperidine rings is 2. The lowest BCUT2D eigenvalue weighted by molar-refractivity contribution is -0.181. The SMILES string of the molecule is COc1cncc(N2C(CN(C)OC(=O)/C=C/C(=O)ON(C)CC3CC4CC4N3c3cncc(OC)c3)CC3CC32)c1. The number of carbonyl (C=O) groups excluding carboxylic acids is 2. The molecular weight excluding hydrogens is 540 g/mol. The van der Waals surface area contributed by atoms with Crippen LogP contribution in [-0.4, -0.2) is 97.6 Å². The maximum Gasteiger partial charge on any atom is 0.349 e. The average Bonchev–Trinajstić information content (AvgIpc) is 3.86. The molecule has 6 unspecified atom stereocenters. The third kappa shape index (κ3) is 6.14. The van der Waals surface area contributed by atoms with Crippen LogP contribution in [0.25, 0.3) is 0 Å². The maximum absolute atomic E-state index is 12.5. The van der Waals surface area contributed by atoms with Gasteiger partial charge in [-0.2, -0.15) is 0 Å². The van der Waals surface area contributed by atoms with Crippen molar-refractivity contribution in [3.05, 3.63) is 49.1 Å². The van der Waals surface area contributed by atoms with E-state index < -0.39 is 11.9 Å². The summed E-state index contributed by atoms with van der Waals surface area (Å²) in [6.07, 6.45) is 13.6. The van der Waals surface area contributed by atoms with Gasteiger partial charge in [-0.3, -0.25) is 9.97 Å². The topological polar surface area (TPSA) is 110 Å². The van der Waals surface area contributed by atoms with Gasteiger partial charge in [0, 0.05) is 62.5 Å². The molecule has 0 amide bonds. The number of hydrogen-bond acceptors (Lipinski definition) is 12. The van der Waals surface area contributed by atoms with E-state index in [-0.39, 0.29) is 12.1 Å². The molecule has 42 heavy (non-hydrogen) atoms. The molecule has 12 heteroatoms. The third-order valence-corrected chi connectivity index (χ3v) is 8.67. The fourth-order valence-electron chi connectivity index (χ4n) is 6.74. The molecule has 0 radical (unpaired) electrons. The van der Waals surface area contributed by atoms with Gasteiger partial charge in [0.2, 0.25) is 0 Å². The minimum absolute atomic E-state index is 0.178. The van der Waals surface area contributed by atoms with Gasteiger partial charge in [-0.25, -0.2) is 9.59 Å². The van der Waals surface area contributed by atoms with Gasteiger partial charge in [0.1, 0.15) is 11.5 Å². The summed E-state index contributed by atoms with van der Waals surface area (Å²) in [5, 5.41) is 3.04. The summed E-state index contributed by atoms with van der Waals surface area (Å²) in [7, 11) is 6.70. The van der Waals surface area contributed by atoms with Gasteiger partial charge in [-0.15, -0.1) is 10.1 Å². The van der Waals surface area contributed by atoms with Gasteiger partial charge in [0.15, 0.2) is 0 Å². The van der Waals surface area contributed by atoms with E-state index in [0.29, 0.717) is 48.5 Å². The standard InChI is InChI=1S/C30H38N6O6/c1-33(17-23-7-19-9-27(19)35(23)21-11-25(39-3)15-31-13-21)41-29(37)5-6-30(38)42-34(2)18-24-8-20-10-28(20)36(24)22-12-26(40-4)16-32-14-22/h5-6,11-16,19-20,23-24,27-28H,7-10,17-18H2,1-4H3/b6-5+. The molecule has 2 saturated heterocycles. The Morgan fingerprint density at radius 1 is 0.762 bits per heavy atom. The molecule has 12 nitrogen and oxygen atoms in total. The summed E-state index contributed by atoms with van der Waals surface area (Å²) in [6, 6.07) is 5.29. The Morgan fingerprint density at radius 3 is 1.60 bits per heavy atom. The van der Waals surface area contributed by atoms with Crippen LogP contribution in [0.1, 0.15) is 25.7 Å². The summed E-state index contributed by atoms with van der Waals surface area (Å²) in [5.41, 5.74) is 2.02. The minimum Gasteiger partial charge on any atom is -0.495 e. The monoisotopic (exact) mass is 578 g/mol. The van der Waals surface area contributed by atoms with Gasteiger partial charge in [-0.1, -0.05) is 0 Å². The number of hydrogen-bond donors (Lipinski definition) is 0. The van der Waals surface area contributed by atoms with Crippen LogP contribution in [0.15, 0.2) is 49.1 Å². The van der Waals surface area contributed by atoms with Crippen molar-refractivity contribution in [1.82, 2.24) is 20.1 Å². The molecule has 0 spiro atoms. The summed E-state index contributed by atoms with van der Waals surface area (Å²) >= 11 is 0. The molecule has 6 atom stereocenters. The van der Waals surface area contributed by atoms with E-state index in [4.69, 9.17) is 19.1 Å². The highest BCUT2D eigenvalue weighted by Crippen LogP contribution is 2.51. The van der Waals surface area contributed by atoms with Gasteiger partial charge >= 0.3 is 11.9 Å². The molecule has 2 aliphatic heterocycles. The predicted molar refractivity (Wildman–Crippen MR) is 154 cm³/mol. The van der Waals surface area contributed by atoms with Crippen LogP contribution in [0.5, 0.6) is 11.5 Å². The molecule has 2 aromatic heterocycles. The van der Waals surface area contributed by atoms with Gasteiger partial charge in [0.05, 0.1) is 63.5 Å². The van der Waals surface area contributed by atoms with E-state index in [1.165, 1.54) is 10.1 Å². The predicted octanol–water partition coefficient (Wildman–Crippen LogP) is 2.46. The number of methoxy groups -OCH3 is 2. The Kier molecular flexibility index (Phi) is 7.91. The number of carbonyl (C=O) groups is 2. The van der Waals surface area contributed by atoms with Crippen molar-refractivity contribution in [1.29, 1.82) is 0 Å². The molecular formula is C30H38N6O6. The van der Waals surface area contributed by atoms with E-state index in [1.807, 2.05) is 24.5 Å². The first-order chi connectivity index (χ1) is 20.3. The second kappa shape index (κ2) is 11.8. The number of ether oxygens (including phenoxy) is 2. The zero-order valence-electron chi connectivity index (χ0n) is 24.5. The van der Waals surface area contributed by atoms with Gasteiger partial charge in [-0.05, 0) is 37.5 Å². The van der Waals surface area contributed by atoms with E-state index in [0.717, 1.165) is 49.2 Å². The Balaban J connectivity index is 0.968. The molecule has 0 bridgehead atoms. The van der Waals surface area contributed by atoms with E-state index in [9.17, 15) is 9.59 Å². The van der Waals surface area contributed by atoms with Crippen molar-refractivity contribution in [3.8, 4) is 11.5 Å². The molecule has 0 aromatic carbocycles. The fourth-order valence-corrected chi connectivity index (χ4v) is 6.74. The van der Waals surface area contributed by atoms with Gasteiger partial charge in [0.25, 0.3) is 0 Å². The minimum atomic E-state index is -0.637. The Hall–Kier alpha value is -3.90. The fraction of sp³-hybridized carbons (Fsp3) is 0.533. The number of hydroxylamine groups is 4. The number of rotatable bonds is 12. The highest BCUT2D eigenvalue weighted by molar-refractivity contribution is 5.91. The maximum atomic E-state index is 12.5. The molecule has 0 N–H and O–H groups in total. The zero-order valence-corrected chi connectivity index (χ0v) is 24.5. The molecule has 2 saturated carbocycles. The summed E-state index contributed by atoms with van der Waals surface area (Å²) < 4.78 is 10.7. The van der Waals surface area contributed by atoms with Crippen molar-refractivity contribution in [2.24, 2.45) is 11.8 Å². The van der Waals surface area contributed by atoms with Crippen LogP contribution in [0.4, 0.5) is 11.4 Å². The molecule has 4 heterocycles. The highest BCUT2D eigenvalue weighted by Gasteiger charge is 2.53. The lowest BCUT2D eigenvalue weighted by Crippen LogP contribution is -2.42. The van der Waals surface area contributed by atoms with Crippen LogP contribution in [0, 0.1) is 11.8 Å². The summed E-state index contributed by atoms with van der Waals surface area (Å²) in [6.45, 7) is 1.05. The number of nitrogens with zero attached hydrogens (tertiary/aromatic N) is 6. The Labute approximate surface area is 245 Å². The van der Waals surface area contributed by atoms with Crippen LogP contribution >= 0.6 is 0 Å². The smallest absolute Gasteiger partial charge is 0.349 e. The molecule has 2 aromatic rings. The van der Waals surface area contributed by atoms with E-state index in [2.05, 4.69) is 19.8 Å². The largest absolute Gasteiger partial charge is 0.495 e. The summed E-state index contributed by atoms with van der Waals surface area (Å²) in [5.74, 6) is 1.44. The van der Waals surface area contributed by atoms with Crippen LogP contribution in [0.2, 0.25) is 0 Å². The number of pyridine rings is 2. The van der Waals surface area contributed by atoms with Crippen molar-refractivity contribution < 1.29 is 28.7 Å². The van der Waals surface area contributed by atoms with E-state index >= 15 is 0 Å².